The van der Waals surface area contributed by atoms with Crippen molar-refractivity contribution < 1.29 is 69.5 Å². The third kappa shape index (κ3) is 18.8. The molecule has 0 aliphatic heterocycles. The first kappa shape index (κ1) is 50.0. The maximum Gasteiger partial charge on any atom is 0.416 e. The van der Waals surface area contributed by atoms with Gasteiger partial charge in [-0.25, -0.2) is 23.2 Å². The fourth-order valence-electron chi connectivity index (χ4n) is 5.58. The summed E-state index contributed by atoms with van der Waals surface area (Å²) in [7, 11) is -3.97. The number of hydrogen-bond acceptors (Lipinski definition) is 15. The third-order valence-corrected chi connectivity index (χ3v) is 11.1. The minimum absolute atomic E-state index is 0.0170. The summed E-state index contributed by atoms with van der Waals surface area (Å²) in [5.41, 5.74) is 0.509. The Morgan fingerprint density at radius 1 is 0.823 bits per heavy atom. The van der Waals surface area contributed by atoms with Gasteiger partial charge in [0.25, 0.3) is 10.0 Å². The summed E-state index contributed by atoms with van der Waals surface area (Å²) in [4.78, 5) is 40.3. The second-order valence-corrected chi connectivity index (χ2v) is 16.4. The van der Waals surface area contributed by atoms with Gasteiger partial charge in [0.15, 0.2) is 0 Å². The number of alkyl halides is 3. The first-order valence-electron chi connectivity index (χ1n) is 19.7. The minimum atomic E-state index is -4.48. The number of carboxylic acids is 1. The molecule has 0 aliphatic carbocycles. The van der Waals surface area contributed by atoms with Crippen LogP contribution in [0.15, 0.2) is 53.0 Å². The summed E-state index contributed by atoms with van der Waals surface area (Å²) >= 11 is 0.905. The maximum atomic E-state index is 13.5. The second kappa shape index (κ2) is 26.1. The van der Waals surface area contributed by atoms with Crippen molar-refractivity contribution >= 4 is 49.2 Å². The summed E-state index contributed by atoms with van der Waals surface area (Å²) in [6, 6.07) is 8.50. The molecule has 1 amide bonds. The molecule has 4 aromatic rings. The fourth-order valence-corrected chi connectivity index (χ4v) is 7.26. The lowest BCUT2D eigenvalue weighted by atomic mass is 10.0. The molecule has 4 rings (SSSR count). The van der Waals surface area contributed by atoms with Gasteiger partial charge in [0.2, 0.25) is 10.2 Å². The smallest absolute Gasteiger partial charge is 0.416 e. The standard InChI is InChI=1S/C39H51F3N6O12S2/c40-39(41,42)29-8-6-28(7-9-29)25-44-37(52)34(48-26-30(46-47-48)27-60-32-10-11-33-35(24-32)61-38(45-33)62(43,53)54)5-3-1-2-4-31(49)12-14-55-16-18-57-20-22-59-23-21-58-19-17-56-15-13-36(50)51/h6-11,24,26,34H,1-5,12-23,25,27H2,(H,44,52)(H,50,51)(H2,43,53,54)/t34-/m0/s1. The van der Waals surface area contributed by atoms with Crippen LogP contribution in [-0.2, 0) is 67.4 Å². The molecule has 62 heavy (non-hydrogen) atoms. The summed E-state index contributed by atoms with van der Waals surface area (Å²) < 4.78 is 96.8. The van der Waals surface area contributed by atoms with Crippen LogP contribution in [-0.4, -0.2) is 117 Å². The Kier molecular flexibility index (Phi) is 21.1. The number of rotatable bonds is 32. The molecule has 23 heteroatoms. The van der Waals surface area contributed by atoms with E-state index >= 15 is 0 Å². The van der Waals surface area contributed by atoms with E-state index < -0.39 is 39.7 Å². The predicted octanol–water partition coefficient (Wildman–Crippen LogP) is 4.46. The van der Waals surface area contributed by atoms with Gasteiger partial charge in [-0.1, -0.05) is 30.2 Å². The van der Waals surface area contributed by atoms with E-state index in [1.165, 1.54) is 16.8 Å². The predicted molar refractivity (Wildman–Crippen MR) is 217 cm³/mol. The highest BCUT2D eigenvalue weighted by molar-refractivity contribution is 7.91. The first-order chi connectivity index (χ1) is 29.7. The quantitative estimate of drug-likeness (QED) is 0.0573. The summed E-state index contributed by atoms with van der Waals surface area (Å²) in [5.74, 6) is -0.883. The highest BCUT2D eigenvalue weighted by Gasteiger charge is 2.30. The Labute approximate surface area is 360 Å². The molecule has 0 bridgehead atoms. The van der Waals surface area contributed by atoms with Crippen molar-refractivity contribution in [2.24, 2.45) is 5.14 Å². The van der Waals surface area contributed by atoms with E-state index in [2.05, 4.69) is 20.6 Å². The molecule has 1 atom stereocenters. The molecule has 4 N–H and O–H groups in total. The van der Waals surface area contributed by atoms with Crippen LogP contribution < -0.4 is 15.2 Å². The number of benzene rings is 2. The molecular weight excluding hydrogens is 866 g/mol. The zero-order valence-corrected chi connectivity index (χ0v) is 35.5. The number of aromatic nitrogens is 4. The van der Waals surface area contributed by atoms with Crippen LogP contribution in [0.25, 0.3) is 10.2 Å². The molecule has 0 aliphatic rings. The number of thiazole rings is 1. The first-order valence-corrected chi connectivity index (χ1v) is 22.1. The topological polar surface area (TPSA) is 243 Å². The van der Waals surface area contributed by atoms with Crippen molar-refractivity contribution in [2.75, 3.05) is 66.1 Å². The largest absolute Gasteiger partial charge is 0.487 e. The number of fused-ring (bicyclic) bond motifs is 1. The monoisotopic (exact) mass is 916 g/mol. The van der Waals surface area contributed by atoms with Gasteiger partial charge in [-0.15, -0.1) is 16.4 Å². The van der Waals surface area contributed by atoms with E-state index in [1.54, 1.807) is 24.4 Å². The van der Waals surface area contributed by atoms with Crippen LogP contribution in [0.3, 0.4) is 0 Å². The molecule has 0 spiro atoms. The number of carbonyl (C=O) groups is 3. The van der Waals surface area contributed by atoms with Gasteiger partial charge in [-0.3, -0.25) is 14.4 Å². The van der Waals surface area contributed by atoms with Gasteiger partial charge in [-0.05, 0) is 48.7 Å². The van der Waals surface area contributed by atoms with Crippen LogP contribution in [0.5, 0.6) is 5.75 Å². The maximum absolute atomic E-state index is 13.5. The lowest BCUT2D eigenvalue weighted by molar-refractivity contribution is -0.139. The van der Waals surface area contributed by atoms with Crippen LogP contribution >= 0.6 is 11.3 Å². The number of amides is 1. The van der Waals surface area contributed by atoms with E-state index in [9.17, 15) is 36.0 Å². The molecule has 2 heterocycles. The SMILES string of the molecule is NS(=O)(=O)c1nc2ccc(OCc3cn([C@@H](CCCCCC(=O)CCOCCOCCOCCOCCOCCC(=O)O)C(=O)NCc4ccc(C(F)(F)F)cc4)nn3)cc2s1. The lowest BCUT2D eigenvalue weighted by Crippen LogP contribution is -2.32. The van der Waals surface area contributed by atoms with E-state index in [4.69, 9.17) is 38.7 Å². The van der Waals surface area contributed by atoms with Crippen molar-refractivity contribution in [3.8, 4) is 5.75 Å². The molecule has 2 aromatic heterocycles. The lowest BCUT2D eigenvalue weighted by Gasteiger charge is -2.17. The van der Waals surface area contributed by atoms with Crippen molar-refractivity contribution in [3.05, 3.63) is 65.5 Å². The van der Waals surface area contributed by atoms with Crippen LogP contribution in [0.4, 0.5) is 13.2 Å². The highest BCUT2D eigenvalue weighted by Crippen LogP contribution is 2.30. The third-order valence-electron chi connectivity index (χ3n) is 8.80. The number of nitrogens with two attached hydrogens (primary N) is 1. The fraction of sp³-hybridized carbons (Fsp3) is 0.538. The number of carbonyl (C=O) groups excluding carboxylic acids is 2. The molecule has 0 saturated heterocycles. The Hall–Kier alpha value is -4.62. The number of sulfonamides is 1. The number of aliphatic carboxylic acids is 1. The van der Waals surface area contributed by atoms with Gasteiger partial charge in [0.1, 0.15) is 29.9 Å². The molecule has 0 radical (unpaired) electrons. The second-order valence-electron chi connectivity index (χ2n) is 13.7. The molecule has 342 valence electrons. The van der Waals surface area contributed by atoms with Gasteiger partial charge in [0, 0.05) is 19.4 Å². The number of ketones is 1. The molecule has 18 nitrogen and oxygen atoms in total. The van der Waals surface area contributed by atoms with Gasteiger partial charge in [-0.2, -0.15) is 13.2 Å². The number of hydrogen-bond donors (Lipinski definition) is 3. The van der Waals surface area contributed by atoms with Crippen molar-refractivity contribution in [3.63, 3.8) is 0 Å². The van der Waals surface area contributed by atoms with Crippen LogP contribution in [0.1, 0.15) is 67.8 Å². The van der Waals surface area contributed by atoms with Crippen molar-refractivity contribution in [1.29, 1.82) is 0 Å². The van der Waals surface area contributed by atoms with E-state index in [0.29, 0.717) is 112 Å². The van der Waals surface area contributed by atoms with Crippen LogP contribution in [0, 0.1) is 0 Å². The molecular formula is C39H51F3N6O12S2. The summed E-state index contributed by atoms with van der Waals surface area (Å²) in [6.45, 7) is 3.19. The normalized spacial score (nSPS) is 12.5. The minimum Gasteiger partial charge on any atom is -0.487 e. The van der Waals surface area contributed by atoms with Crippen molar-refractivity contribution in [1.82, 2.24) is 25.3 Å². The average Bonchev–Trinajstić information content (AvgIpc) is 3.89. The molecule has 0 unspecified atom stereocenters. The average molecular weight is 917 g/mol. The van der Waals surface area contributed by atoms with Gasteiger partial charge < -0.3 is 38.8 Å². The van der Waals surface area contributed by atoms with Gasteiger partial charge in [0.05, 0.1) is 94.5 Å². The number of halogens is 3. The molecule has 0 fully saturated rings. The number of unbranched alkanes of at least 4 members (excludes halogenated alkanes) is 2. The molecule has 0 saturated carbocycles. The zero-order chi connectivity index (χ0) is 44.8. The number of ether oxygens (including phenoxy) is 6. The van der Waals surface area contributed by atoms with Crippen LogP contribution in [0.2, 0.25) is 0 Å². The number of carboxylic acid groups (broad SMARTS) is 1. The highest BCUT2D eigenvalue weighted by atomic mass is 32.2. The van der Waals surface area contributed by atoms with Crippen molar-refractivity contribution in [2.45, 2.75) is 74.7 Å². The Morgan fingerprint density at radius 2 is 1.44 bits per heavy atom. The van der Waals surface area contributed by atoms with E-state index in [1.807, 2.05) is 0 Å². The van der Waals surface area contributed by atoms with Gasteiger partial charge >= 0.3 is 12.1 Å². The Bertz CT molecular complexity index is 2100. The van der Waals surface area contributed by atoms with E-state index in [0.717, 1.165) is 23.5 Å². The van der Waals surface area contributed by atoms with E-state index in [-0.39, 0.29) is 49.3 Å². The summed E-state index contributed by atoms with van der Waals surface area (Å²) in [6.07, 6.45) is -0.264. The Morgan fingerprint density at radius 3 is 2.03 bits per heavy atom. The Balaban J connectivity index is 1.14. The number of nitrogens with zero attached hydrogens (tertiary/aromatic N) is 4. The number of nitrogens with one attached hydrogen (secondary N) is 1. The summed E-state index contributed by atoms with van der Waals surface area (Å²) in [5, 5.41) is 24.8. The number of primary sulfonamides is 1. The zero-order valence-electron chi connectivity index (χ0n) is 33.9. The number of Topliss-reactive ketones (excluding diaryl/α,β-unsaturated/α-hetero) is 1. The molecule has 2 aromatic carbocycles.